The molecule has 18 heteroatoms. The van der Waals surface area contributed by atoms with Gasteiger partial charge in [0.1, 0.15) is 35.1 Å². The zero-order valence-corrected chi connectivity index (χ0v) is 31.8. The van der Waals surface area contributed by atoms with Crippen molar-refractivity contribution in [1.82, 2.24) is 19.8 Å². The smallest absolute Gasteiger partial charge is 0.850 e. The number of aliphatic carboxylic acids is 2. The number of aromatic nitrogens is 2. The summed E-state index contributed by atoms with van der Waals surface area (Å²) in [5, 5.41) is 60.5. The largest absolute Gasteiger partial charge is 1.00 e. The van der Waals surface area contributed by atoms with Gasteiger partial charge in [0.25, 0.3) is 0 Å². The summed E-state index contributed by atoms with van der Waals surface area (Å²) in [6.45, 7) is 10.2. The van der Waals surface area contributed by atoms with Gasteiger partial charge in [-0.1, -0.05) is 38.1 Å². The molecule has 256 valence electrons. The van der Waals surface area contributed by atoms with Crippen LogP contribution in [-0.4, -0.2) is 121 Å². The van der Waals surface area contributed by atoms with Crippen LogP contribution in [0.3, 0.4) is 0 Å². The van der Waals surface area contributed by atoms with Crippen molar-refractivity contribution in [3.8, 4) is 22.8 Å². The minimum absolute atomic E-state index is 0. The first-order chi connectivity index (χ1) is 21.9. The number of fused-ring (bicyclic) bond motifs is 1. The Morgan fingerprint density at radius 1 is 1.00 bits per heavy atom. The summed E-state index contributed by atoms with van der Waals surface area (Å²) in [4.78, 5) is 29.7. The van der Waals surface area contributed by atoms with Gasteiger partial charge < -0.3 is 54.1 Å². The van der Waals surface area contributed by atoms with Crippen LogP contribution in [-0.2, 0) is 9.59 Å². The molecule has 2 fully saturated rings. The standard InChI is InChI=1S/C20H22BN3O6.C6H12BNO4.C4H9O.K/c1-11-18-19(30-23-11)17(9-14(22-18)13-6-4-5-7-16(13)28-3)29-12-8-15(20(25)26)24(10-12)21(2)27;1-7(12)8-3-4(9)2-5(8)6(10)11;1-4(2,3)5;/h4-7,9,12,15,27H,8,10H2,1-3H3,(H,25,26);4-5,9,12H,2-3H2,1H3,(H,10,11);1-3H3;/q;;-1;+1/t12-,15+;4-,5+;;/m11../s1. The number of nitrogens with zero attached hydrogens (tertiary/aromatic N) is 4. The maximum absolute atomic E-state index is 11.6. The van der Waals surface area contributed by atoms with E-state index in [0.717, 1.165) is 5.56 Å². The summed E-state index contributed by atoms with van der Waals surface area (Å²) >= 11 is 0. The SMILES string of the molecule is CB(O)N1C[C@H](O)C[C@H]1C(=O)O.CC(C)(C)[O-].COc1ccccc1-c1cc(O[C@@H]2C[C@@H](C(=O)O)N(B(C)O)C2)c2onc(C)c2n1.[K+]. The molecule has 4 atom stereocenters. The maximum atomic E-state index is 11.6. The van der Waals surface area contributed by atoms with E-state index in [0.29, 0.717) is 34.0 Å². The van der Waals surface area contributed by atoms with Gasteiger partial charge in [-0.2, -0.15) is 0 Å². The molecule has 2 aromatic heterocycles. The van der Waals surface area contributed by atoms with Crippen LogP contribution < -0.4 is 66.0 Å². The molecule has 0 radical (unpaired) electrons. The molecule has 1 aromatic carbocycles. The van der Waals surface area contributed by atoms with Crippen LogP contribution in [0.5, 0.6) is 11.5 Å². The number of methoxy groups -OCH3 is 1. The van der Waals surface area contributed by atoms with E-state index in [-0.39, 0.29) is 77.3 Å². The van der Waals surface area contributed by atoms with Crippen LogP contribution in [0, 0.1) is 6.92 Å². The number of aryl methyl sites for hydroxylation is 1. The number of aliphatic hydroxyl groups excluding tert-OH is 1. The van der Waals surface area contributed by atoms with Crippen LogP contribution in [0.4, 0.5) is 0 Å². The molecule has 15 nitrogen and oxygen atoms in total. The molecule has 2 aliphatic heterocycles. The van der Waals surface area contributed by atoms with Crippen molar-refractivity contribution in [2.24, 2.45) is 0 Å². The van der Waals surface area contributed by atoms with Crippen LogP contribution in [0.15, 0.2) is 34.9 Å². The van der Waals surface area contributed by atoms with Gasteiger partial charge in [-0.25, -0.2) is 4.98 Å². The van der Waals surface area contributed by atoms with Gasteiger partial charge in [-0.15, -0.1) is 5.60 Å². The van der Waals surface area contributed by atoms with Crippen molar-refractivity contribution in [2.75, 3.05) is 20.2 Å². The van der Waals surface area contributed by atoms with E-state index < -0.39 is 55.9 Å². The Balaban J connectivity index is 0.000000369. The molecule has 0 spiro atoms. The van der Waals surface area contributed by atoms with Gasteiger partial charge in [0.2, 0.25) is 5.58 Å². The first-order valence-corrected chi connectivity index (χ1v) is 15.2. The molecule has 4 heterocycles. The molecule has 2 aliphatic rings. The van der Waals surface area contributed by atoms with Crippen molar-refractivity contribution in [3.05, 3.63) is 36.0 Å². The monoisotopic (exact) mass is 696 g/mol. The normalized spacial score (nSPS) is 20.9. The number of hydrogen-bond acceptors (Lipinski definition) is 13. The molecule has 0 amide bonds. The van der Waals surface area contributed by atoms with Crippen molar-refractivity contribution < 1.29 is 105 Å². The zero-order valence-electron chi connectivity index (χ0n) is 28.7. The van der Waals surface area contributed by atoms with E-state index >= 15 is 0 Å². The molecule has 3 aromatic rings. The number of benzene rings is 1. The van der Waals surface area contributed by atoms with Crippen molar-refractivity contribution in [3.63, 3.8) is 0 Å². The predicted molar refractivity (Wildman–Crippen MR) is 172 cm³/mol. The Bertz CT molecular complexity index is 1520. The topological polar surface area (TPSA) is 222 Å². The summed E-state index contributed by atoms with van der Waals surface area (Å²) < 4.78 is 17.1. The fraction of sp³-hybridized carbons (Fsp3) is 0.533. The van der Waals surface area contributed by atoms with E-state index in [1.807, 2.05) is 24.3 Å². The molecule has 0 saturated carbocycles. The molecule has 0 bridgehead atoms. The van der Waals surface area contributed by atoms with Crippen LogP contribution in [0.2, 0.25) is 13.6 Å². The molecule has 5 rings (SSSR count). The summed E-state index contributed by atoms with van der Waals surface area (Å²) in [5.41, 5.74) is 2.24. The van der Waals surface area contributed by atoms with Gasteiger partial charge >= 0.3 is 77.4 Å². The van der Waals surface area contributed by atoms with Crippen molar-refractivity contribution in [1.29, 1.82) is 0 Å². The fourth-order valence-electron chi connectivity index (χ4n) is 5.32. The van der Waals surface area contributed by atoms with E-state index in [1.54, 1.807) is 47.7 Å². The number of aliphatic hydroxyl groups is 1. The number of para-hydroxylation sites is 1. The number of carboxylic acids is 2. The minimum atomic E-state index is -0.993. The molecule has 2 saturated heterocycles. The van der Waals surface area contributed by atoms with Crippen molar-refractivity contribution >= 4 is 37.1 Å². The molecule has 5 N–H and O–H groups in total. The summed E-state index contributed by atoms with van der Waals surface area (Å²) in [6, 6.07) is 7.67. The molecule has 0 unspecified atom stereocenters. The third-order valence-corrected chi connectivity index (χ3v) is 7.38. The van der Waals surface area contributed by atoms with Gasteiger partial charge in [-0.05, 0) is 39.1 Å². The average molecular weight is 696 g/mol. The quantitative estimate of drug-likeness (QED) is 0.161. The van der Waals surface area contributed by atoms with E-state index in [4.69, 9.17) is 29.2 Å². The minimum Gasteiger partial charge on any atom is -0.850 e. The Hall–Kier alpha value is -2.09. The Labute approximate surface area is 322 Å². The van der Waals surface area contributed by atoms with E-state index in [2.05, 4.69) is 10.1 Å². The number of carboxylic acid groups (broad SMARTS) is 2. The van der Waals surface area contributed by atoms with Crippen LogP contribution >= 0.6 is 0 Å². The summed E-state index contributed by atoms with van der Waals surface area (Å²) in [7, 11) is -0.119. The van der Waals surface area contributed by atoms with E-state index in [1.165, 1.54) is 16.4 Å². The second-order valence-corrected chi connectivity index (χ2v) is 12.5. The number of hydrogen-bond donors (Lipinski definition) is 5. The second kappa shape index (κ2) is 18.2. The van der Waals surface area contributed by atoms with Gasteiger partial charge in [0.05, 0.1) is 18.9 Å². The van der Waals surface area contributed by atoms with Gasteiger partial charge in [0, 0.05) is 31.1 Å². The average Bonchev–Trinajstić information content (AvgIpc) is 3.69. The second-order valence-electron chi connectivity index (χ2n) is 12.5. The first kappa shape index (κ1) is 42.1. The Kier molecular flexibility index (Phi) is 16.0. The van der Waals surface area contributed by atoms with Crippen molar-refractivity contribution in [2.45, 2.75) is 84.1 Å². The Morgan fingerprint density at radius 3 is 2.04 bits per heavy atom. The molecular formula is C30H43B2KN4O11. The summed E-state index contributed by atoms with van der Waals surface area (Å²) in [6.07, 6.45) is -0.649. The van der Waals surface area contributed by atoms with Crippen LogP contribution in [0.1, 0.15) is 39.3 Å². The third kappa shape index (κ3) is 11.5. The third-order valence-electron chi connectivity index (χ3n) is 7.38. The number of β-amino-alcohol motifs (C(OH)–C–C–N with tert-alkyl or cyclic N) is 1. The predicted octanol–water partition coefficient (Wildman–Crippen LogP) is -2.01. The maximum Gasteiger partial charge on any atom is 1.00 e. The Morgan fingerprint density at radius 2 is 1.54 bits per heavy atom. The number of carbonyl (C=O) groups is 2. The van der Waals surface area contributed by atoms with Crippen LogP contribution in [0.25, 0.3) is 22.4 Å². The van der Waals surface area contributed by atoms with E-state index in [9.17, 15) is 24.8 Å². The summed E-state index contributed by atoms with van der Waals surface area (Å²) in [5.74, 6) is -0.904. The number of rotatable bonds is 8. The van der Waals surface area contributed by atoms with Gasteiger partial charge in [-0.3, -0.25) is 9.59 Å². The first-order valence-electron chi connectivity index (χ1n) is 15.2. The fourth-order valence-corrected chi connectivity index (χ4v) is 5.32. The molecule has 0 aliphatic carbocycles. The van der Waals surface area contributed by atoms with Gasteiger partial charge in [0.15, 0.2) is 5.75 Å². The number of ether oxygens (including phenoxy) is 2. The molecule has 48 heavy (non-hydrogen) atoms. The number of pyridine rings is 1. The zero-order chi connectivity index (χ0) is 35.2. The molecular weight excluding hydrogens is 653 g/mol.